The van der Waals surface area contributed by atoms with E-state index in [1.807, 2.05) is 0 Å². The summed E-state index contributed by atoms with van der Waals surface area (Å²) in [5.41, 5.74) is -0.613. The molecule has 1 aliphatic carbocycles. The highest BCUT2D eigenvalue weighted by Crippen LogP contribution is 2.69. The van der Waals surface area contributed by atoms with Crippen molar-refractivity contribution in [3.8, 4) is 0 Å². The van der Waals surface area contributed by atoms with Crippen LogP contribution in [0.3, 0.4) is 0 Å². The van der Waals surface area contributed by atoms with E-state index in [9.17, 15) is 8.78 Å². The standard InChI is InChI=1S/C8H13F2N/c1-6-7(8(6,9)10)2-4-11-5-3-7/h6,11H,2-5H2,1H3/t6-/m1/s1. The number of halogens is 2. The van der Waals surface area contributed by atoms with Crippen LogP contribution < -0.4 is 5.32 Å². The van der Waals surface area contributed by atoms with Crippen molar-refractivity contribution in [1.82, 2.24) is 5.32 Å². The van der Waals surface area contributed by atoms with Crippen LogP contribution in [-0.4, -0.2) is 19.0 Å². The van der Waals surface area contributed by atoms with Crippen LogP contribution in [0.25, 0.3) is 0 Å². The molecular formula is C8H13F2N. The topological polar surface area (TPSA) is 12.0 Å². The van der Waals surface area contributed by atoms with E-state index < -0.39 is 11.3 Å². The molecule has 0 bridgehead atoms. The van der Waals surface area contributed by atoms with Gasteiger partial charge in [-0.2, -0.15) is 0 Å². The zero-order chi connectivity index (χ0) is 8.11. The van der Waals surface area contributed by atoms with Gasteiger partial charge >= 0.3 is 0 Å². The summed E-state index contributed by atoms with van der Waals surface area (Å²) in [4.78, 5) is 0. The molecule has 2 rings (SSSR count). The predicted molar refractivity (Wildman–Crippen MR) is 38.6 cm³/mol. The summed E-state index contributed by atoms with van der Waals surface area (Å²) in [6.07, 6.45) is 1.31. The second-order valence-electron chi connectivity index (χ2n) is 3.75. The van der Waals surface area contributed by atoms with Crippen molar-refractivity contribution < 1.29 is 8.78 Å². The van der Waals surface area contributed by atoms with Crippen molar-refractivity contribution in [1.29, 1.82) is 0 Å². The number of rotatable bonds is 0. The molecule has 1 atom stereocenters. The maximum Gasteiger partial charge on any atom is 0.257 e. The van der Waals surface area contributed by atoms with Gasteiger partial charge < -0.3 is 5.32 Å². The zero-order valence-electron chi connectivity index (χ0n) is 6.66. The second kappa shape index (κ2) is 1.94. The van der Waals surface area contributed by atoms with Crippen molar-refractivity contribution in [2.45, 2.75) is 25.7 Å². The fourth-order valence-electron chi connectivity index (χ4n) is 2.35. The predicted octanol–water partition coefficient (Wildman–Crippen LogP) is 1.64. The Morgan fingerprint density at radius 2 is 1.73 bits per heavy atom. The van der Waals surface area contributed by atoms with Crippen molar-refractivity contribution in [3.63, 3.8) is 0 Å². The highest BCUT2D eigenvalue weighted by Gasteiger charge is 2.77. The van der Waals surface area contributed by atoms with Gasteiger partial charge in [0.05, 0.1) is 0 Å². The second-order valence-corrected chi connectivity index (χ2v) is 3.75. The Morgan fingerprint density at radius 1 is 1.27 bits per heavy atom. The van der Waals surface area contributed by atoms with Crippen LogP contribution in [-0.2, 0) is 0 Å². The number of hydrogen-bond donors (Lipinski definition) is 1. The first kappa shape index (κ1) is 7.47. The quantitative estimate of drug-likeness (QED) is 0.569. The van der Waals surface area contributed by atoms with E-state index >= 15 is 0 Å². The Bertz CT molecular complexity index is 173. The fourth-order valence-corrected chi connectivity index (χ4v) is 2.35. The number of alkyl halides is 2. The van der Waals surface area contributed by atoms with Crippen LogP contribution in [0.15, 0.2) is 0 Å². The first-order valence-corrected chi connectivity index (χ1v) is 4.20. The van der Waals surface area contributed by atoms with Gasteiger partial charge in [0.2, 0.25) is 0 Å². The van der Waals surface area contributed by atoms with Crippen LogP contribution in [0.2, 0.25) is 0 Å². The summed E-state index contributed by atoms with van der Waals surface area (Å²) < 4.78 is 26.1. The molecule has 1 nitrogen and oxygen atoms in total. The van der Waals surface area contributed by atoms with Gasteiger partial charge in [-0.05, 0) is 25.9 Å². The van der Waals surface area contributed by atoms with E-state index in [1.54, 1.807) is 6.92 Å². The average molecular weight is 161 g/mol. The normalized spacial score (nSPS) is 39.0. The number of nitrogens with one attached hydrogen (secondary N) is 1. The molecule has 0 aromatic heterocycles. The van der Waals surface area contributed by atoms with E-state index in [0.29, 0.717) is 12.8 Å². The lowest BCUT2D eigenvalue weighted by Crippen LogP contribution is -2.32. The van der Waals surface area contributed by atoms with Crippen molar-refractivity contribution >= 4 is 0 Å². The molecule has 2 fully saturated rings. The molecule has 2 aliphatic rings. The first-order chi connectivity index (χ1) is 5.11. The van der Waals surface area contributed by atoms with E-state index in [2.05, 4.69) is 5.32 Å². The zero-order valence-corrected chi connectivity index (χ0v) is 6.66. The van der Waals surface area contributed by atoms with E-state index in [4.69, 9.17) is 0 Å². The lowest BCUT2D eigenvalue weighted by Gasteiger charge is -2.22. The molecule has 0 aromatic rings. The summed E-state index contributed by atoms with van der Waals surface area (Å²) in [6, 6.07) is 0. The van der Waals surface area contributed by atoms with Crippen molar-refractivity contribution in [2.24, 2.45) is 11.3 Å². The minimum atomic E-state index is -2.37. The highest BCUT2D eigenvalue weighted by atomic mass is 19.3. The summed E-state index contributed by atoms with van der Waals surface area (Å²) >= 11 is 0. The summed E-state index contributed by atoms with van der Waals surface area (Å²) in [5.74, 6) is -2.74. The number of piperidine rings is 1. The Labute approximate surface area is 65.2 Å². The van der Waals surface area contributed by atoms with Crippen LogP contribution in [0.4, 0.5) is 8.78 Å². The van der Waals surface area contributed by atoms with Gasteiger partial charge in [-0.15, -0.1) is 0 Å². The van der Waals surface area contributed by atoms with Crippen LogP contribution >= 0.6 is 0 Å². The summed E-state index contributed by atoms with van der Waals surface area (Å²) in [7, 11) is 0. The molecular weight excluding hydrogens is 148 g/mol. The lowest BCUT2D eigenvalue weighted by atomic mass is 9.92. The fraction of sp³-hybridized carbons (Fsp3) is 1.00. The van der Waals surface area contributed by atoms with E-state index in [-0.39, 0.29) is 5.92 Å². The highest BCUT2D eigenvalue weighted by molar-refractivity contribution is 5.17. The molecule has 1 heterocycles. The van der Waals surface area contributed by atoms with Gasteiger partial charge in [0, 0.05) is 11.3 Å². The maximum atomic E-state index is 13.0. The Morgan fingerprint density at radius 3 is 2.00 bits per heavy atom. The van der Waals surface area contributed by atoms with Crippen LogP contribution in [0.1, 0.15) is 19.8 Å². The smallest absolute Gasteiger partial charge is 0.257 e. The Kier molecular flexibility index (Phi) is 1.32. The third-order valence-electron chi connectivity index (χ3n) is 3.45. The summed E-state index contributed by atoms with van der Waals surface area (Å²) in [5, 5.41) is 3.11. The third-order valence-corrected chi connectivity index (χ3v) is 3.45. The molecule has 64 valence electrons. The Hall–Kier alpha value is -0.180. The molecule has 1 N–H and O–H groups in total. The average Bonchev–Trinajstić information content (AvgIpc) is 2.39. The van der Waals surface area contributed by atoms with Crippen LogP contribution in [0.5, 0.6) is 0 Å². The molecule has 1 aliphatic heterocycles. The van der Waals surface area contributed by atoms with Crippen molar-refractivity contribution in [3.05, 3.63) is 0 Å². The minimum Gasteiger partial charge on any atom is -0.317 e. The molecule has 1 saturated heterocycles. The monoisotopic (exact) mass is 161 g/mol. The van der Waals surface area contributed by atoms with Gasteiger partial charge in [-0.3, -0.25) is 0 Å². The third kappa shape index (κ3) is 0.723. The Balaban J connectivity index is 2.13. The SMILES string of the molecule is C[C@H]1C(F)(F)C12CCNCC2. The van der Waals surface area contributed by atoms with Gasteiger partial charge in [-0.1, -0.05) is 6.92 Å². The van der Waals surface area contributed by atoms with Crippen LogP contribution in [0, 0.1) is 11.3 Å². The van der Waals surface area contributed by atoms with E-state index in [0.717, 1.165) is 13.1 Å². The van der Waals surface area contributed by atoms with Gasteiger partial charge in [0.15, 0.2) is 0 Å². The molecule has 0 unspecified atom stereocenters. The molecule has 3 heteroatoms. The molecule has 1 saturated carbocycles. The van der Waals surface area contributed by atoms with Crippen molar-refractivity contribution in [2.75, 3.05) is 13.1 Å². The molecule has 0 radical (unpaired) electrons. The molecule has 1 spiro atoms. The van der Waals surface area contributed by atoms with E-state index in [1.165, 1.54) is 0 Å². The first-order valence-electron chi connectivity index (χ1n) is 4.20. The number of hydrogen-bond acceptors (Lipinski definition) is 1. The molecule has 0 aromatic carbocycles. The largest absolute Gasteiger partial charge is 0.317 e. The van der Waals surface area contributed by atoms with Gasteiger partial charge in [0.1, 0.15) is 0 Å². The molecule has 11 heavy (non-hydrogen) atoms. The minimum absolute atomic E-state index is 0.378. The lowest BCUT2D eigenvalue weighted by molar-refractivity contribution is 0.0471. The summed E-state index contributed by atoms with van der Waals surface area (Å²) in [6.45, 7) is 3.20. The van der Waals surface area contributed by atoms with Gasteiger partial charge in [-0.25, -0.2) is 8.78 Å². The molecule has 0 amide bonds. The maximum absolute atomic E-state index is 13.0. The van der Waals surface area contributed by atoms with Gasteiger partial charge in [0.25, 0.3) is 5.92 Å².